The second-order valence-corrected chi connectivity index (χ2v) is 6.11. The van der Waals surface area contributed by atoms with Gasteiger partial charge in [-0.3, -0.25) is 14.9 Å². The van der Waals surface area contributed by atoms with Crippen LogP contribution in [0, 0.1) is 15.9 Å². The highest BCUT2D eigenvalue weighted by atomic mass is 19.1. The molecule has 0 radical (unpaired) electrons. The number of likely N-dealkylation sites (N-methyl/N-ethyl adjacent to an activating group) is 1. The average Bonchev–Trinajstić information content (AvgIpc) is 2.66. The van der Waals surface area contributed by atoms with E-state index < -0.39 is 28.7 Å². The van der Waals surface area contributed by atoms with Crippen LogP contribution in [0.25, 0.3) is 0 Å². The molecule has 0 aliphatic heterocycles. The Labute approximate surface area is 161 Å². The van der Waals surface area contributed by atoms with E-state index in [1.165, 1.54) is 49.2 Å². The Hall–Kier alpha value is -3.49. The summed E-state index contributed by atoms with van der Waals surface area (Å²) in [6.07, 6.45) is -1.13. The summed E-state index contributed by atoms with van der Waals surface area (Å²) >= 11 is 0. The standard InChI is InChI=1S/C19H20FN3O5/c1-12(18(24)22(3)11-13-5-4-6-14(20)9-13)28-19(25)16-10-15(23(26)27)7-8-17(16)21-2/h4-10,12,21H,11H2,1-3H3. The molecule has 0 saturated carbocycles. The lowest BCUT2D eigenvalue weighted by Gasteiger charge is -2.22. The molecule has 1 atom stereocenters. The zero-order chi connectivity index (χ0) is 20.8. The van der Waals surface area contributed by atoms with E-state index in [4.69, 9.17) is 4.74 Å². The molecule has 2 rings (SSSR count). The molecule has 0 aromatic heterocycles. The summed E-state index contributed by atoms with van der Waals surface area (Å²) in [5.74, 6) is -1.77. The second kappa shape index (κ2) is 8.94. The first kappa shape index (κ1) is 20.8. The van der Waals surface area contributed by atoms with Gasteiger partial charge in [0.05, 0.1) is 10.5 Å². The fourth-order valence-corrected chi connectivity index (χ4v) is 2.60. The van der Waals surface area contributed by atoms with Crippen molar-refractivity contribution in [3.63, 3.8) is 0 Å². The number of anilines is 1. The van der Waals surface area contributed by atoms with E-state index in [2.05, 4.69) is 5.32 Å². The van der Waals surface area contributed by atoms with Crippen LogP contribution in [-0.2, 0) is 16.1 Å². The lowest BCUT2D eigenvalue weighted by molar-refractivity contribution is -0.384. The van der Waals surface area contributed by atoms with E-state index in [1.54, 1.807) is 13.1 Å². The maximum absolute atomic E-state index is 13.3. The summed E-state index contributed by atoms with van der Waals surface area (Å²) in [6, 6.07) is 9.54. The van der Waals surface area contributed by atoms with Crippen molar-refractivity contribution >= 4 is 23.3 Å². The average molecular weight is 389 g/mol. The van der Waals surface area contributed by atoms with Crippen LogP contribution in [0.5, 0.6) is 0 Å². The number of carbonyl (C=O) groups is 2. The Morgan fingerprint density at radius 2 is 2.00 bits per heavy atom. The van der Waals surface area contributed by atoms with Crippen LogP contribution in [0.15, 0.2) is 42.5 Å². The summed E-state index contributed by atoms with van der Waals surface area (Å²) < 4.78 is 18.5. The van der Waals surface area contributed by atoms with E-state index in [9.17, 15) is 24.1 Å². The van der Waals surface area contributed by atoms with Crippen LogP contribution in [0.3, 0.4) is 0 Å². The van der Waals surface area contributed by atoms with Crippen LogP contribution in [0.1, 0.15) is 22.8 Å². The van der Waals surface area contributed by atoms with Crippen molar-refractivity contribution in [2.24, 2.45) is 0 Å². The number of nitrogens with zero attached hydrogens (tertiary/aromatic N) is 2. The van der Waals surface area contributed by atoms with Gasteiger partial charge in [-0.1, -0.05) is 12.1 Å². The molecule has 1 amide bonds. The molecule has 0 aliphatic rings. The summed E-state index contributed by atoms with van der Waals surface area (Å²) in [7, 11) is 3.06. The lowest BCUT2D eigenvalue weighted by atomic mass is 10.1. The van der Waals surface area contributed by atoms with E-state index in [0.29, 0.717) is 11.3 Å². The first-order chi connectivity index (χ1) is 13.2. The fraction of sp³-hybridized carbons (Fsp3) is 0.263. The second-order valence-electron chi connectivity index (χ2n) is 6.11. The van der Waals surface area contributed by atoms with E-state index in [0.717, 1.165) is 6.07 Å². The number of benzene rings is 2. The van der Waals surface area contributed by atoms with E-state index >= 15 is 0 Å². The highest BCUT2D eigenvalue weighted by molar-refractivity contribution is 5.98. The van der Waals surface area contributed by atoms with Crippen LogP contribution in [0.2, 0.25) is 0 Å². The number of amides is 1. The van der Waals surface area contributed by atoms with E-state index in [1.807, 2.05) is 0 Å². The Morgan fingerprint density at radius 3 is 2.61 bits per heavy atom. The fourth-order valence-electron chi connectivity index (χ4n) is 2.60. The monoisotopic (exact) mass is 389 g/mol. The first-order valence-corrected chi connectivity index (χ1v) is 8.39. The van der Waals surface area contributed by atoms with Gasteiger partial charge in [-0.2, -0.15) is 0 Å². The van der Waals surface area contributed by atoms with Crippen molar-refractivity contribution in [3.05, 3.63) is 69.5 Å². The molecular weight excluding hydrogens is 369 g/mol. The number of carbonyl (C=O) groups excluding carboxylic acids is 2. The van der Waals surface area contributed by atoms with Crippen molar-refractivity contribution < 1.29 is 23.6 Å². The van der Waals surface area contributed by atoms with Gasteiger partial charge in [-0.15, -0.1) is 0 Å². The third-order valence-electron chi connectivity index (χ3n) is 4.02. The Kier molecular flexibility index (Phi) is 6.64. The normalized spacial score (nSPS) is 11.4. The van der Waals surface area contributed by atoms with Crippen LogP contribution in [-0.4, -0.2) is 41.9 Å². The Balaban J connectivity index is 2.09. The number of halogens is 1. The maximum atomic E-state index is 13.3. The van der Waals surface area contributed by atoms with Crippen molar-refractivity contribution in [2.75, 3.05) is 19.4 Å². The minimum atomic E-state index is -1.13. The minimum absolute atomic E-state index is 0.0517. The molecule has 2 aromatic carbocycles. The van der Waals surface area contributed by atoms with Gasteiger partial charge in [-0.25, -0.2) is 9.18 Å². The number of ether oxygens (including phenoxy) is 1. The molecule has 1 unspecified atom stereocenters. The summed E-state index contributed by atoms with van der Waals surface area (Å²) in [6.45, 7) is 1.54. The smallest absolute Gasteiger partial charge is 0.341 e. The number of rotatable bonds is 7. The molecule has 28 heavy (non-hydrogen) atoms. The number of hydrogen-bond donors (Lipinski definition) is 1. The van der Waals surface area contributed by atoms with Crippen molar-refractivity contribution in [1.82, 2.24) is 4.90 Å². The molecule has 0 bridgehead atoms. The van der Waals surface area contributed by atoms with Crippen LogP contribution >= 0.6 is 0 Å². The van der Waals surface area contributed by atoms with Gasteiger partial charge in [0.25, 0.3) is 11.6 Å². The molecular formula is C19H20FN3O5. The Morgan fingerprint density at radius 1 is 1.29 bits per heavy atom. The van der Waals surface area contributed by atoms with Crippen LogP contribution in [0.4, 0.5) is 15.8 Å². The predicted molar refractivity (Wildman–Crippen MR) is 100 cm³/mol. The number of nitrogens with one attached hydrogen (secondary N) is 1. The Bertz CT molecular complexity index is 903. The summed E-state index contributed by atoms with van der Waals surface area (Å²) in [5.41, 5.74) is 0.603. The zero-order valence-corrected chi connectivity index (χ0v) is 15.6. The molecule has 2 aromatic rings. The minimum Gasteiger partial charge on any atom is -0.449 e. The van der Waals surface area contributed by atoms with Crippen LogP contribution < -0.4 is 5.32 Å². The van der Waals surface area contributed by atoms with Crippen molar-refractivity contribution in [3.8, 4) is 0 Å². The first-order valence-electron chi connectivity index (χ1n) is 8.39. The molecule has 0 fully saturated rings. The quantitative estimate of drug-likeness (QED) is 0.444. The van der Waals surface area contributed by atoms with Gasteiger partial charge in [0, 0.05) is 38.5 Å². The molecule has 8 nitrogen and oxygen atoms in total. The maximum Gasteiger partial charge on any atom is 0.341 e. The van der Waals surface area contributed by atoms with Gasteiger partial charge in [-0.05, 0) is 30.7 Å². The molecule has 0 saturated heterocycles. The molecule has 0 heterocycles. The van der Waals surface area contributed by atoms with Crippen molar-refractivity contribution in [1.29, 1.82) is 0 Å². The predicted octanol–water partition coefficient (Wildman–Crippen LogP) is 2.98. The number of nitro groups is 1. The highest BCUT2D eigenvalue weighted by Gasteiger charge is 2.25. The summed E-state index contributed by atoms with van der Waals surface area (Å²) in [4.78, 5) is 36.5. The molecule has 0 aliphatic carbocycles. The largest absolute Gasteiger partial charge is 0.449 e. The third-order valence-corrected chi connectivity index (χ3v) is 4.02. The third kappa shape index (κ3) is 5.03. The lowest BCUT2D eigenvalue weighted by Crippen LogP contribution is -2.37. The number of non-ortho nitro benzene ring substituents is 1. The SMILES string of the molecule is CNc1ccc([N+](=O)[O-])cc1C(=O)OC(C)C(=O)N(C)Cc1cccc(F)c1. The summed E-state index contributed by atoms with van der Waals surface area (Å²) in [5, 5.41) is 13.7. The molecule has 148 valence electrons. The van der Waals surface area contributed by atoms with Gasteiger partial charge >= 0.3 is 5.97 Å². The van der Waals surface area contributed by atoms with Gasteiger partial charge in [0.15, 0.2) is 6.10 Å². The van der Waals surface area contributed by atoms with Gasteiger partial charge in [0.2, 0.25) is 0 Å². The number of esters is 1. The highest BCUT2D eigenvalue weighted by Crippen LogP contribution is 2.23. The molecule has 9 heteroatoms. The number of hydrogen-bond acceptors (Lipinski definition) is 6. The van der Waals surface area contributed by atoms with Gasteiger partial charge in [0.1, 0.15) is 5.82 Å². The zero-order valence-electron chi connectivity index (χ0n) is 15.6. The molecule has 1 N–H and O–H groups in total. The number of nitro benzene ring substituents is 1. The van der Waals surface area contributed by atoms with Crippen molar-refractivity contribution in [2.45, 2.75) is 19.6 Å². The van der Waals surface area contributed by atoms with E-state index in [-0.39, 0.29) is 17.8 Å². The topological polar surface area (TPSA) is 102 Å². The molecule has 0 spiro atoms. The van der Waals surface area contributed by atoms with Gasteiger partial charge < -0.3 is 15.0 Å².